The van der Waals surface area contributed by atoms with Gasteiger partial charge in [0.25, 0.3) is 0 Å². The molecular weight excluding hydrogens is 222 g/mol. The molecule has 0 saturated carbocycles. The molecule has 0 atom stereocenters. The van der Waals surface area contributed by atoms with Crippen LogP contribution in [-0.2, 0) is 24.9 Å². The fourth-order valence-electron chi connectivity index (χ4n) is 2.70. The zero-order valence-corrected chi connectivity index (χ0v) is 12.3. The summed E-state index contributed by atoms with van der Waals surface area (Å²) in [5.41, 5.74) is 2.90. The summed E-state index contributed by atoms with van der Waals surface area (Å²) in [5, 5.41) is 3.42. The summed E-state index contributed by atoms with van der Waals surface area (Å²) in [6.45, 7) is 12.2. The van der Waals surface area contributed by atoms with E-state index in [1.54, 1.807) is 0 Å². The Hall–Kier alpha value is -0.830. The van der Waals surface area contributed by atoms with Crippen LogP contribution >= 0.6 is 0 Å². The molecule has 1 aliphatic rings. The number of aromatic nitrogens is 2. The molecule has 0 amide bonds. The summed E-state index contributed by atoms with van der Waals surface area (Å²) < 4.78 is 2.51. The van der Waals surface area contributed by atoms with Gasteiger partial charge in [-0.25, -0.2) is 4.98 Å². The highest BCUT2D eigenvalue weighted by atomic mass is 15.1. The van der Waals surface area contributed by atoms with E-state index in [2.05, 4.69) is 37.6 Å². The van der Waals surface area contributed by atoms with Crippen LogP contribution in [0, 0.1) is 0 Å². The number of hydrogen-bond acceptors (Lipinski definition) is 2. The molecule has 3 nitrogen and oxygen atoms in total. The quantitative estimate of drug-likeness (QED) is 0.831. The molecular formula is C15H27N3. The molecule has 0 saturated heterocycles. The molecule has 0 unspecified atom stereocenters. The van der Waals surface area contributed by atoms with E-state index < -0.39 is 0 Å². The monoisotopic (exact) mass is 249 g/mol. The molecule has 0 radical (unpaired) electrons. The molecule has 1 aromatic rings. The number of hydrogen-bond donors (Lipinski definition) is 1. The van der Waals surface area contributed by atoms with Gasteiger partial charge < -0.3 is 9.88 Å². The fourth-order valence-corrected chi connectivity index (χ4v) is 2.70. The van der Waals surface area contributed by atoms with E-state index in [1.165, 1.54) is 36.5 Å². The number of unbranched alkanes of at least 4 members (excludes halogenated alkanes) is 2. The van der Waals surface area contributed by atoms with Crippen molar-refractivity contribution in [3.8, 4) is 0 Å². The third kappa shape index (κ3) is 2.77. The van der Waals surface area contributed by atoms with Crippen molar-refractivity contribution in [2.75, 3.05) is 6.54 Å². The summed E-state index contributed by atoms with van der Waals surface area (Å²) in [5.74, 6) is 1.27. The Kier molecular flexibility index (Phi) is 4.10. The highest BCUT2D eigenvalue weighted by molar-refractivity contribution is 5.23. The molecule has 0 bridgehead atoms. The van der Waals surface area contributed by atoms with Gasteiger partial charge in [0, 0.05) is 37.2 Å². The third-order valence-corrected chi connectivity index (χ3v) is 3.64. The molecule has 0 spiro atoms. The molecule has 0 fully saturated rings. The molecule has 2 rings (SSSR count). The Bertz CT molecular complexity index is 399. The van der Waals surface area contributed by atoms with Crippen LogP contribution in [0.4, 0.5) is 0 Å². The first-order chi connectivity index (χ1) is 8.54. The van der Waals surface area contributed by atoms with Crippen molar-refractivity contribution in [3.05, 3.63) is 17.2 Å². The normalized spacial score (nSPS) is 15.8. The van der Waals surface area contributed by atoms with Crippen molar-refractivity contribution in [1.82, 2.24) is 14.9 Å². The van der Waals surface area contributed by atoms with Crippen LogP contribution < -0.4 is 5.32 Å². The van der Waals surface area contributed by atoms with Crippen LogP contribution in [0.25, 0.3) is 0 Å². The Morgan fingerprint density at radius 3 is 2.72 bits per heavy atom. The first-order valence-electron chi connectivity index (χ1n) is 7.33. The van der Waals surface area contributed by atoms with Crippen LogP contribution in [-0.4, -0.2) is 16.1 Å². The van der Waals surface area contributed by atoms with Gasteiger partial charge in [0.2, 0.25) is 0 Å². The summed E-state index contributed by atoms with van der Waals surface area (Å²) in [6, 6.07) is 0. The van der Waals surface area contributed by atoms with Gasteiger partial charge in [-0.1, -0.05) is 40.5 Å². The molecule has 102 valence electrons. The van der Waals surface area contributed by atoms with Gasteiger partial charge >= 0.3 is 0 Å². The van der Waals surface area contributed by atoms with Crippen molar-refractivity contribution in [2.24, 2.45) is 0 Å². The van der Waals surface area contributed by atoms with Gasteiger partial charge in [0.1, 0.15) is 5.82 Å². The molecule has 0 aliphatic carbocycles. The number of fused-ring (bicyclic) bond motifs is 1. The molecule has 0 aromatic carbocycles. The lowest BCUT2D eigenvalue weighted by atomic mass is 9.95. The van der Waals surface area contributed by atoms with E-state index in [0.29, 0.717) is 0 Å². The SMILES string of the molecule is CCCCCn1c(C(C)(C)C)nc2c1CCNC2. The molecule has 2 heterocycles. The lowest BCUT2D eigenvalue weighted by molar-refractivity contribution is 0.474. The number of nitrogens with one attached hydrogen (secondary N) is 1. The van der Waals surface area contributed by atoms with E-state index in [1.807, 2.05) is 0 Å². The summed E-state index contributed by atoms with van der Waals surface area (Å²) >= 11 is 0. The van der Waals surface area contributed by atoms with Gasteiger partial charge in [-0.05, 0) is 6.42 Å². The minimum Gasteiger partial charge on any atom is -0.331 e. The van der Waals surface area contributed by atoms with Crippen LogP contribution in [0.15, 0.2) is 0 Å². The molecule has 18 heavy (non-hydrogen) atoms. The van der Waals surface area contributed by atoms with Crippen LogP contribution in [0.5, 0.6) is 0 Å². The van der Waals surface area contributed by atoms with Crippen molar-refractivity contribution in [3.63, 3.8) is 0 Å². The zero-order valence-electron chi connectivity index (χ0n) is 12.3. The standard InChI is InChI=1S/C15H27N3/c1-5-6-7-10-18-13-8-9-16-11-12(13)17-14(18)15(2,3)4/h16H,5-11H2,1-4H3. The minimum absolute atomic E-state index is 0.142. The number of nitrogens with zero attached hydrogens (tertiary/aromatic N) is 2. The first kappa shape index (κ1) is 13.6. The second kappa shape index (κ2) is 5.43. The highest BCUT2D eigenvalue weighted by Gasteiger charge is 2.26. The van der Waals surface area contributed by atoms with Gasteiger partial charge in [-0.3, -0.25) is 0 Å². The zero-order chi connectivity index (χ0) is 13.2. The lowest BCUT2D eigenvalue weighted by Crippen LogP contribution is -2.25. The Labute approximate surface area is 111 Å². The third-order valence-electron chi connectivity index (χ3n) is 3.64. The van der Waals surface area contributed by atoms with E-state index in [0.717, 1.165) is 26.1 Å². The Morgan fingerprint density at radius 2 is 2.06 bits per heavy atom. The summed E-state index contributed by atoms with van der Waals surface area (Å²) in [6.07, 6.45) is 5.00. The maximum atomic E-state index is 4.90. The van der Waals surface area contributed by atoms with Crippen LogP contribution in [0.3, 0.4) is 0 Å². The molecule has 1 aliphatic heterocycles. The van der Waals surface area contributed by atoms with Crippen LogP contribution in [0.2, 0.25) is 0 Å². The number of rotatable bonds is 4. The first-order valence-corrected chi connectivity index (χ1v) is 7.33. The highest BCUT2D eigenvalue weighted by Crippen LogP contribution is 2.26. The van der Waals surface area contributed by atoms with Crippen LogP contribution in [0.1, 0.15) is 64.2 Å². The van der Waals surface area contributed by atoms with Gasteiger partial charge in [-0.2, -0.15) is 0 Å². The van der Waals surface area contributed by atoms with Gasteiger partial charge in [0.05, 0.1) is 5.69 Å². The van der Waals surface area contributed by atoms with Gasteiger partial charge in [0.15, 0.2) is 0 Å². The molecule has 1 N–H and O–H groups in total. The maximum absolute atomic E-state index is 4.90. The largest absolute Gasteiger partial charge is 0.331 e. The molecule has 1 aromatic heterocycles. The number of imidazole rings is 1. The van der Waals surface area contributed by atoms with E-state index in [9.17, 15) is 0 Å². The van der Waals surface area contributed by atoms with Crippen molar-refractivity contribution >= 4 is 0 Å². The average molecular weight is 249 g/mol. The van der Waals surface area contributed by atoms with E-state index >= 15 is 0 Å². The second-order valence-corrected chi connectivity index (χ2v) is 6.36. The van der Waals surface area contributed by atoms with Crippen molar-refractivity contribution in [1.29, 1.82) is 0 Å². The van der Waals surface area contributed by atoms with E-state index in [4.69, 9.17) is 4.98 Å². The fraction of sp³-hybridized carbons (Fsp3) is 0.800. The average Bonchev–Trinajstić information content (AvgIpc) is 2.69. The maximum Gasteiger partial charge on any atom is 0.114 e. The summed E-state index contributed by atoms with van der Waals surface area (Å²) in [7, 11) is 0. The Balaban J connectivity index is 2.30. The predicted molar refractivity (Wildman–Crippen MR) is 75.9 cm³/mol. The molecule has 3 heteroatoms. The Morgan fingerprint density at radius 1 is 1.28 bits per heavy atom. The minimum atomic E-state index is 0.142. The van der Waals surface area contributed by atoms with Gasteiger partial charge in [-0.15, -0.1) is 0 Å². The van der Waals surface area contributed by atoms with E-state index in [-0.39, 0.29) is 5.41 Å². The summed E-state index contributed by atoms with van der Waals surface area (Å²) in [4.78, 5) is 4.90. The van der Waals surface area contributed by atoms with Crippen molar-refractivity contribution in [2.45, 2.75) is 71.9 Å². The second-order valence-electron chi connectivity index (χ2n) is 6.36. The van der Waals surface area contributed by atoms with Crippen molar-refractivity contribution < 1.29 is 0 Å². The smallest absolute Gasteiger partial charge is 0.114 e. The topological polar surface area (TPSA) is 29.9 Å². The lowest BCUT2D eigenvalue weighted by Gasteiger charge is -2.22. The predicted octanol–water partition coefficient (Wildman–Crippen LogP) is 3.02.